The first kappa shape index (κ1) is 11.9. The van der Waals surface area contributed by atoms with Gasteiger partial charge in [0.2, 0.25) is 0 Å². The van der Waals surface area contributed by atoms with Crippen LogP contribution in [0.4, 0.5) is 5.82 Å². The SMILES string of the molecule is CC(=O)c1ccc(N2CCc3ccccc3C2)nc1. The van der Waals surface area contributed by atoms with Crippen LogP contribution < -0.4 is 4.90 Å². The zero-order valence-electron chi connectivity index (χ0n) is 11.0. The van der Waals surface area contributed by atoms with Gasteiger partial charge in [0.25, 0.3) is 0 Å². The number of fused-ring (bicyclic) bond motifs is 1. The summed E-state index contributed by atoms with van der Waals surface area (Å²) in [6, 6.07) is 12.3. The normalized spacial score (nSPS) is 14.1. The van der Waals surface area contributed by atoms with Crippen molar-refractivity contribution in [3.63, 3.8) is 0 Å². The second-order valence-corrected chi connectivity index (χ2v) is 4.90. The Morgan fingerprint density at radius 1 is 1.16 bits per heavy atom. The van der Waals surface area contributed by atoms with Gasteiger partial charge in [-0.2, -0.15) is 0 Å². The third-order valence-electron chi connectivity index (χ3n) is 3.61. The molecular weight excluding hydrogens is 236 g/mol. The number of Topliss-reactive ketones (excluding diaryl/α,β-unsaturated/α-hetero) is 1. The molecule has 1 aliphatic rings. The van der Waals surface area contributed by atoms with Gasteiger partial charge >= 0.3 is 0 Å². The van der Waals surface area contributed by atoms with E-state index in [0.717, 1.165) is 25.3 Å². The number of carbonyl (C=O) groups is 1. The van der Waals surface area contributed by atoms with Gasteiger partial charge in [0.1, 0.15) is 5.82 Å². The molecule has 0 amide bonds. The Morgan fingerprint density at radius 3 is 2.63 bits per heavy atom. The van der Waals surface area contributed by atoms with Crippen molar-refractivity contribution in [3.05, 3.63) is 59.3 Å². The molecule has 0 radical (unpaired) electrons. The first-order valence-corrected chi connectivity index (χ1v) is 6.53. The van der Waals surface area contributed by atoms with E-state index in [4.69, 9.17) is 0 Å². The van der Waals surface area contributed by atoms with Crippen LogP contribution in [0.15, 0.2) is 42.6 Å². The maximum Gasteiger partial charge on any atom is 0.161 e. The van der Waals surface area contributed by atoms with Crippen LogP contribution in [0.5, 0.6) is 0 Å². The van der Waals surface area contributed by atoms with E-state index in [-0.39, 0.29) is 5.78 Å². The molecule has 0 spiro atoms. The van der Waals surface area contributed by atoms with E-state index in [1.54, 1.807) is 13.1 Å². The van der Waals surface area contributed by atoms with E-state index in [1.165, 1.54) is 11.1 Å². The summed E-state index contributed by atoms with van der Waals surface area (Å²) in [6.07, 6.45) is 2.71. The fourth-order valence-electron chi connectivity index (χ4n) is 2.47. The highest BCUT2D eigenvalue weighted by Gasteiger charge is 2.16. The molecule has 3 nitrogen and oxygen atoms in total. The largest absolute Gasteiger partial charge is 0.352 e. The lowest BCUT2D eigenvalue weighted by Gasteiger charge is -2.29. The molecule has 2 heterocycles. The molecule has 1 aromatic carbocycles. The lowest BCUT2D eigenvalue weighted by molar-refractivity contribution is 0.101. The molecule has 0 atom stereocenters. The second kappa shape index (κ2) is 4.84. The Morgan fingerprint density at radius 2 is 1.95 bits per heavy atom. The number of hydrogen-bond acceptors (Lipinski definition) is 3. The predicted octanol–water partition coefficient (Wildman–Crippen LogP) is 2.85. The average molecular weight is 252 g/mol. The van der Waals surface area contributed by atoms with E-state index in [1.807, 2.05) is 12.1 Å². The van der Waals surface area contributed by atoms with Crippen LogP contribution in [0.2, 0.25) is 0 Å². The van der Waals surface area contributed by atoms with Gasteiger partial charge in [-0.1, -0.05) is 24.3 Å². The molecule has 0 unspecified atom stereocenters. The van der Waals surface area contributed by atoms with Crippen LogP contribution in [0, 0.1) is 0 Å². The van der Waals surface area contributed by atoms with Gasteiger partial charge in [-0.3, -0.25) is 4.79 Å². The van der Waals surface area contributed by atoms with Gasteiger partial charge in [-0.25, -0.2) is 4.98 Å². The molecule has 1 aromatic heterocycles. The van der Waals surface area contributed by atoms with Crippen molar-refractivity contribution in [1.29, 1.82) is 0 Å². The Balaban J connectivity index is 1.83. The highest BCUT2D eigenvalue weighted by atomic mass is 16.1. The van der Waals surface area contributed by atoms with Gasteiger partial charge in [0, 0.05) is 24.8 Å². The summed E-state index contributed by atoms with van der Waals surface area (Å²) in [5.74, 6) is 1.00. The molecule has 19 heavy (non-hydrogen) atoms. The lowest BCUT2D eigenvalue weighted by atomic mass is 10.00. The monoisotopic (exact) mass is 252 g/mol. The first-order valence-electron chi connectivity index (χ1n) is 6.53. The number of pyridine rings is 1. The van der Waals surface area contributed by atoms with Crippen molar-refractivity contribution >= 4 is 11.6 Å². The maximum atomic E-state index is 11.2. The Labute approximate surface area is 112 Å². The molecule has 96 valence electrons. The zero-order valence-corrected chi connectivity index (χ0v) is 11.0. The van der Waals surface area contributed by atoms with E-state index in [2.05, 4.69) is 34.1 Å². The Bertz CT molecular complexity index is 604. The molecule has 3 heteroatoms. The van der Waals surface area contributed by atoms with Gasteiger partial charge in [0.05, 0.1) is 0 Å². The summed E-state index contributed by atoms with van der Waals surface area (Å²) < 4.78 is 0. The number of nitrogens with zero attached hydrogens (tertiary/aromatic N) is 2. The summed E-state index contributed by atoms with van der Waals surface area (Å²) in [7, 11) is 0. The lowest BCUT2D eigenvalue weighted by Crippen LogP contribution is -2.30. The standard InChI is InChI=1S/C16H16N2O/c1-12(19)14-6-7-16(17-10-14)18-9-8-13-4-2-3-5-15(13)11-18/h2-7,10H,8-9,11H2,1H3. The number of anilines is 1. The molecular formula is C16H16N2O. The van der Waals surface area contributed by atoms with Gasteiger partial charge in [0.15, 0.2) is 5.78 Å². The molecule has 0 saturated carbocycles. The minimum Gasteiger partial charge on any atom is -0.352 e. The summed E-state index contributed by atoms with van der Waals surface area (Å²) in [5.41, 5.74) is 3.46. The molecule has 2 aromatic rings. The van der Waals surface area contributed by atoms with Gasteiger partial charge in [-0.05, 0) is 36.6 Å². The van der Waals surface area contributed by atoms with E-state index >= 15 is 0 Å². The third-order valence-corrected chi connectivity index (χ3v) is 3.61. The van der Waals surface area contributed by atoms with Crippen molar-refractivity contribution in [2.24, 2.45) is 0 Å². The van der Waals surface area contributed by atoms with Crippen LogP contribution in [-0.2, 0) is 13.0 Å². The van der Waals surface area contributed by atoms with Crippen LogP contribution >= 0.6 is 0 Å². The van der Waals surface area contributed by atoms with Crippen LogP contribution in [-0.4, -0.2) is 17.3 Å². The van der Waals surface area contributed by atoms with Crippen molar-refractivity contribution in [3.8, 4) is 0 Å². The second-order valence-electron chi connectivity index (χ2n) is 4.90. The topological polar surface area (TPSA) is 33.2 Å². The van der Waals surface area contributed by atoms with Crippen LogP contribution in [0.1, 0.15) is 28.4 Å². The van der Waals surface area contributed by atoms with Crippen LogP contribution in [0.25, 0.3) is 0 Å². The van der Waals surface area contributed by atoms with Crippen molar-refractivity contribution in [1.82, 2.24) is 4.98 Å². The van der Waals surface area contributed by atoms with E-state index in [0.29, 0.717) is 5.56 Å². The molecule has 0 N–H and O–H groups in total. The molecule has 1 aliphatic heterocycles. The predicted molar refractivity (Wildman–Crippen MR) is 75.4 cm³/mol. The Hall–Kier alpha value is -2.16. The number of aromatic nitrogens is 1. The number of benzene rings is 1. The molecule has 0 aliphatic carbocycles. The molecule has 0 bridgehead atoms. The van der Waals surface area contributed by atoms with Crippen molar-refractivity contribution in [2.75, 3.05) is 11.4 Å². The number of rotatable bonds is 2. The quantitative estimate of drug-likeness (QED) is 0.771. The number of hydrogen-bond donors (Lipinski definition) is 0. The number of ketones is 1. The van der Waals surface area contributed by atoms with Crippen LogP contribution in [0.3, 0.4) is 0 Å². The van der Waals surface area contributed by atoms with E-state index in [9.17, 15) is 4.79 Å². The van der Waals surface area contributed by atoms with E-state index < -0.39 is 0 Å². The smallest absolute Gasteiger partial charge is 0.161 e. The van der Waals surface area contributed by atoms with Crippen molar-refractivity contribution in [2.45, 2.75) is 19.9 Å². The summed E-state index contributed by atoms with van der Waals surface area (Å²) >= 11 is 0. The maximum absolute atomic E-state index is 11.2. The van der Waals surface area contributed by atoms with Gasteiger partial charge in [-0.15, -0.1) is 0 Å². The fraction of sp³-hybridized carbons (Fsp3) is 0.250. The summed E-state index contributed by atoms with van der Waals surface area (Å²) in [5, 5.41) is 0. The molecule has 0 saturated heterocycles. The highest BCUT2D eigenvalue weighted by molar-refractivity contribution is 5.93. The minimum absolute atomic E-state index is 0.0584. The summed E-state index contributed by atoms with van der Waals surface area (Å²) in [6.45, 7) is 3.43. The van der Waals surface area contributed by atoms with Gasteiger partial charge < -0.3 is 4.90 Å². The minimum atomic E-state index is 0.0584. The number of carbonyl (C=O) groups excluding carboxylic acids is 1. The zero-order chi connectivity index (χ0) is 13.2. The van der Waals surface area contributed by atoms with Crippen molar-refractivity contribution < 1.29 is 4.79 Å². The first-order chi connectivity index (χ1) is 9.24. The third kappa shape index (κ3) is 2.36. The average Bonchev–Trinajstić information content (AvgIpc) is 2.47. The Kier molecular flexibility index (Phi) is 3.03. The summed E-state index contributed by atoms with van der Waals surface area (Å²) in [4.78, 5) is 17.9. The fourth-order valence-corrected chi connectivity index (χ4v) is 2.47. The highest BCUT2D eigenvalue weighted by Crippen LogP contribution is 2.22. The molecule has 0 fully saturated rings. The molecule has 3 rings (SSSR count).